The molecule has 0 aliphatic heterocycles. The Morgan fingerprint density at radius 2 is 1.07 bits per heavy atom. The van der Waals surface area contributed by atoms with Gasteiger partial charge in [-0.25, -0.2) is 0 Å². The van der Waals surface area contributed by atoms with Crippen molar-refractivity contribution in [2.45, 2.75) is 112 Å². The van der Waals surface area contributed by atoms with Gasteiger partial charge in [0.1, 0.15) is 17.2 Å². The minimum absolute atomic E-state index is 0.00501. The van der Waals surface area contributed by atoms with Gasteiger partial charge in [-0.15, -0.1) is 0 Å². The molecule has 0 unspecified atom stereocenters. The summed E-state index contributed by atoms with van der Waals surface area (Å²) < 4.78 is 30.5. The number of ether oxygens (including phenoxy) is 5. The SMILES string of the molecule is CCCCOc1ccc(OCCCC)c(CCC(=O)c2cc(OCCCC)cc(OCCCC)c2OCCCC)c1. The van der Waals surface area contributed by atoms with E-state index in [-0.39, 0.29) is 5.78 Å². The molecule has 6 heteroatoms. The van der Waals surface area contributed by atoms with Crippen molar-refractivity contribution in [3.63, 3.8) is 0 Å². The van der Waals surface area contributed by atoms with Gasteiger partial charge in [-0.05, 0) is 68.4 Å². The molecule has 2 rings (SSSR count). The third-order valence-corrected chi connectivity index (χ3v) is 6.77. The van der Waals surface area contributed by atoms with E-state index >= 15 is 0 Å². The Morgan fingerprint density at radius 1 is 0.561 bits per heavy atom. The van der Waals surface area contributed by atoms with Crippen molar-refractivity contribution >= 4 is 5.78 Å². The highest BCUT2D eigenvalue weighted by atomic mass is 16.5. The molecule has 0 saturated carbocycles. The van der Waals surface area contributed by atoms with Crippen LogP contribution in [0, 0.1) is 0 Å². The molecule has 6 nitrogen and oxygen atoms in total. The molecule has 230 valence electrons. The van der Waals surface area contributed by atoms with Crippen molar-refractivity contribution in [3.8, 4) is 28.7 Å². The van der Waals surface area contributed by atoms with E-state index in [0.717, 1.165) is 81.3 Å². The zero-order valence-electron chi connectivity index (χ0n) is 26.4. The van der Waals surface area contributed by atoms with Crippen LogP contribution in [0.1, 0.15) is 121 Å². The highest BCUT2D eigenvalue weighted by molar-refractivity contribution is 6.00. The summed E-state index contributed by atoms with van der Waals surface area (Å²) in [5.41, 5.74) is 1.50. The quantitative estimate of drug-likeness (QED) is 0.0925. The Kier molecular flexibility index (Phi) is 17.5. The number of Topliss-reactive ketones (excluding diaryl/α,β-unsaturated/α-hetero) is 1. The Labute approximate surface area is 249 Å². The lowest BCUT2D eigenvalue weighted by Crippen LogP contribution is -2.11. The van der Waals surface area contributed by atoms with Gasteiger partial charge in [-0.3, -0.25) is 4.79 Å². The van der Waals surface area contributed by atoms with Gasteiger partial charge in [-0.1, -0.05) is 66.7 Å². The van der Waals surface area contributed by atoms with Crippen molar-refractivity contribution in [3.05, 3.63) is 41.5 Å². The second kappa shape index (κ2) is 20.9. The minimum atomic E-state index is -0.00501. The Bertz CT molecular complexity index is 1000. The van der Waals surface area contributed by atoms with Crippen LogP contribution in [0.15, 0.2) is 30.3 Å². The number of aryl methyl sites for hydroxylation is 1. The average Bonchev–Trinajstić information content (AvgIpc) is 2.98. The molecule has 0 saturated heterocycles. The third-order valence-electron chi connectivity index (χ3n) is 6.77. The van der Waals surface area contributed by atoms with E-state index < -0.39 is 0 Å². The van der Waals surface area contributed by atoms with Crippen LogP contribution in [0.2, 0.25) is 0 Å². The van der Waals surface area contributed by atoms with E-state index in [4.69, 9.17) is 23.7 Å². The molecule has 0 spiro atoms. The van der Waals surface area contributed by atoms with Gasteiger partial charge in [-0.2, -0.15) is 0 Å². The van der Waals surface area contributed by atoms with E-state index in [2.05, 4.69) is 34.6 Å². The molecule has 0 N–H and O–H groups in total. The normalized spacial score (nSPS) is 10.9. The number of hydrogen-bond donors (Lipinski definition) is 0. The second-order valence-corrected chi connectivity index (χ2v) is 10.5. The fourth-order valence-corrected chi connectivity index (χ4v) is 4.13. The summed E-state index contributed by atoms with van der Waals surface area (Å²) >= 11 is 0. The third kappa shape index (κ3) is 12.7. The van der Waals surface area contributed by atoms with Gasteiger partial charge < -0.3 is 23.7 Å². The number of carbonyl (C=O) groups excluding carboxylic acids is 1. The smallest absolute Gasteiger partial charge is 0.172 e. The van der Waals surface area contributed by atoms with Crippen LogP contribution in [0.4, 0.5) is 0 Å². The average molecular weight is 571 g/mol. The first-order valence-electron chi connectivity index (χ1n) is 16.1. The number of rotatable bonds is 24. The molecule has 41 heavy (non-hydrogen) atoms. The molecule has 0 heterocycles. The van der Waals surface area contributed by atoms with E-state index in [1.807, 2.05) is 30.3 Å². The van der Waals surface area contributed by atoms with Crippen molar-refractivity contribution in [2.24, 2.45) is 0 Å². The number of ketones is 1. The first-order valence-corrected chi connectivity index (χ1v) is 16.1. The Balaban J connectivity index is 2.35. The predicted molar refractivity (Wildman–Crippen MR) is 168 cm³/mol. The van der Waals surface area contributed by atoms with Gasteiger partial charge in [0.05, 0.1) is 38.6 Å². The Hall–Kier alpha value is -2.89. The summed E-state index contributed by atoms with van der Waals surface area (Å²) in [5, 5.41) is 0. The van der Waals surface area contributed by atoms with Gasteiger partial charge in [0.2, 0.25) is 0 Å². The number of hydrogen-bond acceptors (Lipinski definition) is 6. The molecule has 0 atom stereocenters. The monoisotopic (exact) mass is 570 g/mol. The zero-order chi connectivity index (χ0) is 29.7. The Morgan fingerprint density at radius 3 is 1.66 bits per heavy atom. The first kappa shape index (κ1) is 34.3. The fourth-order valence-electron chi connectivity index (χ4n) is 4.13. The van der Waals surface area contributed by atoms with Crippen LogP contribution in [-0.4, -0.2) is 38.8 Å². The van der Waals surface area contributed by atoms with E-state index in [9.17, 15) is 4.79 Å². The van der Waals surface area contributed by atoms with E-state index in [1.165, 1.54) is 0 Å². The van der Waals surface area contributed by atoms with Gasteiger partial charge in [0, 0.05) is 12.5 Å². The van der Waals surface area contributed by atoms with Crippen LogP contribution in [0.5, 0.6) is 28.7 Å². The van der Waals surface area contributed by atoms with Crippen LogP contribution in [0.3, 0.4) is 0 Å². The standard InChI is InChI=1S/C35H54O6/c1-6-11-20-37-29-17-19-33(39-22-13-8-3)28(25-29)16-18-32(36)31-26-30(38-21-12-7-2)27-34(40-23-14-9-4)35(31)41-24-15-10-5/h17,19,25-27H,6-16,18,20-24H2,1-5H3. The maximum Gasteiger partial charge on any atom is 0.172 e. The minimum Gasteiger partial charge on any atom is -0.494 e. The van der Waals surface area contributed by atoms with Crippen molar-refractivity contribution in [1.29, 1.82) is 0 Å². The first-order chi connectivity index (χ1) is 20.1. The summed E-state index contributed by atoms with van der Waals surface area (Å²) in [6.07, 6.45) is 10.8. The molecule has 0 fully saturated rings. The summed E-state index contributed by atoms with van der Waals surface area (Å²) in [5.74, 6) is 3.37. The molecular formula is C35H54O6. The van der Waals surface area contributed by atoms with Crippen molar-refractivity contribution in [1.82, 2.24) is 0 Å². The molecule has 2 aromatic carbocycles. The molecule has 0 bridgehead atoms. The summed E-state index contributed by atoms with van der Waals surface area (Å²) in [6, 6.07) is 9.65. The van der Waals surface area contributed by atoms with E-state index in [0.29, 0.717) is 68.7 Å². The maximum absolute atomic E-state index is 13.8. The second-order valence-electron chi connectivity index (χ2n) is 10.5. The fraction of sp³-hybridized carbons (Fsp3) is 0.629. The molecule has 0 aliphatic carbocycles. The predicted octanol–water partition coefficient (Wildman–Crippen LogP) is 9.40. The lowest BCUT2D eigenvalue weighted by molar-refractivity contribution is 0.0976. The van der Waals surface area contributed by atoms with Crippen LogP contribution < -0.4 is 23.7 Å². The summed E-state index contributed by atoms with van der Waals surface area (Å²) in [7, 11) is 0. The summed E-state index contributed by atoms with van der Waals surface area (Å²) in [4.78, 5) is 13.8. The highest BCUT2D eigenvalue weighted by Crippen LogP contribution is 2.38. The van der Waals surface area contributed by atoms with Gasteiger partial charge in [0.15, 0.2) is 17.3 Å². The topological polar surface area (TPSA) is 63.2 Å². The molecule has 0 amide bonds. The molecule has 2 aromatic rings. The van der Waals surface area contributed by atoms with Crippen LogP contribution in [-0.2, 0) is 6.42 Å². The molecule has 0 radical (unpaired) electrons. The summed E-state index contributed by atoms with van der Waals surface area (Å²) in [6.45, 7) is 13.7. The van der Waals surface area contributed by atoms with Gasteiger partial charge >= 0.3 is 0 Å². The highest BCUT2D eigenvalue weighted by Gasteiger charge is 2.21. The molecular weight excluding hydrogens is 516 g/mol. The zero-order valence-corrected chi connectivity index (χ0v) is 26.4. The van der Waals surface area contributed by atoms with Crippen LogP contribution >= 0.6 is 0 Å². The number of benzene rings is 2. The lowest BCUT2D eigenvalue weighted by atomic mass is 10.0. The van der Waals surface area contributed by atoms with E-state index in [1.54, 1.807) is 0 Å². The number of carbonyl (C=O) groups is 1. The number of unbranched alkanes of at least 4 members (excludes halogenated alkanes) is 5. The lowest BCUT2D eigenvalue weighted by Gasteiger charge is -2.19. The molecule has 0 aliphatic rings. The maximum atomic E-state index is 13.8. The molecule has 0 aromatic heterocycles. The van der Waals surface area contributed by atoms with Crippen molar-refractivity contribution in [2.75, 3.05) is 33.0 Å². The van der Waals surface area contributed by atoms with Crippen molar-refractivity contribution < 1.29 is 28.5 Å². The van der Waals surface area contributed by atoms with Gasteiger partial charge in [0.25, 0.3) is 0 Å². The van der Waals surface area contributed by atoms with Crippen LogP contribution in [0.25, 0.3) is 0 Å². The largest absolute Gasteiger partial charge is 0.494 e.